The Morgan fingerprint density at radius 2 is 2.32 bits per heavy atom. The Bertz CT molecular complexity index is 512. The molecule has 2 heterocycles. The fraction of sp³-hybridized carbons (Fsp3) is 0.462. The molecule has 1 aromatic heterocycles. The second-order valence-electron chi connectivity index (χ2n) is 4.61. The number of hydrogen-bond donors (Lipinski definition) is 2. The first-order valence-corrected chi connectivity index (χ1v) is 6.22. The highest BCUT2D eigenvalue weighted by molar-refractivity contribution is 5.92. The zero-order valence-electron chi connectivity index (χ0n) is 11.0. The van der Waals surface area contributed by atoms with E-state index in [4.69, 9.17) is 4.74 Å². The normalized spacial score (nSPS) is 15.2. The Labute approximate surface area is 111 Å². The Morgan fingerprint density at radius 1 is 1.53 bits per heavy atom. The van der Waals surface area contributed by atoms with E-state index < -0.39 is 5.97 Å². The second kappa shape index (κ2) is 5.79. The lowest BCUT2D eigenvalue weighted by atomic mass is 10.0. The summed E-state index contributed by atoms with van der Waals surface area (Å²) in [4.78, 5) is 19.6. The van der Waals surface area contributed by atoms with Gasteiger partial charge in [0, 0.05) is 17.8 Å². The summed E-state index contributed by atoms with van der Waals surface area (Å²) in [5, 5.41) is 12.3. The monoisotopic (exact) mass is 263 g/mol. The molecular formula is C13H17N3O3. The average Bonchev–Trinajstić information content (AvgIpc) is 2.39. The van der Waals surface area contributed by atoms with E-state index in [1.54, 1.807) is 6.20 Å². The van der Waals surface area contributed by atoms with Gasteiger partial charge in [-0.25, -0.2) is 14.8 Å². The number of nitrogens with zero attached hydrogens (tertiary/aromatic N) is 2. The third-order valence-electron chi connectivity index (χ3n) is 2.72. The average molecular weight is 263 g/mol. The first kappa shape index (κ1) is 13.5. The van der Waals surface area contributed by atoms with Gasteiger partial charge in [-0.1, -0.05) is 6.08 Å². The molecule has 0 bridgehead atoms. The number of carboxylic acids is 1. The van der Waals surface area contributed by atoms with Crippen molar-refractivity contribution < 1.29 is 14.6 Å². The highest BCUT2D eigenvalue weighted by Gasteiger charge is 2.18. The van der Waals surface area contributed by atoms with Crippen molar-refractivity contribution in [2.45, 2.75) is 26.3 Å². The summed E-state index contributed by atoms with van der Waals surface area (Å²) >= 11 is 0. The number of ether oxygens (including phenoxy) is 1. The van der Waals surface area contributed by atoms with Gasteiger partial charge in [0.05, 0.1) is 13.2 Å². The maximum Gasteiger partial charge on any atom is 0.355 e. The minimum absolute atomic E-state index is 0.0336. The van der Waals surface area contributed by atoms with Crippen molar-refractivity contribution in [3.8, 4) is 0 Å². The number of hydrogen-bond acceptors (Lipinski definition) is 5. The molecular weight excluding hydrogens is 246 g/mol. The maximum atomic E-state index is 11.3. The van der Waals surface area contributed by atoms with Gasteiger partial charge in [0.1, 0.15) is 0 Å². The molecule has 0 unspecified atom stereocenters. The van der Waals surface area contributed by atoms with Crippen LogP contribution >= 0.6 is 0 Å². The van der Waals surface area contributed by atoms with E-state index in [2.05, 4.69) is 15.3 Å². The van der Waals surface area contributed by atoms with E-state index in [0.29, 0.717) is 31.1 Å². The van der Waals surface area contributed by atoms with Gasteiger partial charge < -0.3 is 15.2 Å². The third-order valence-corrected chi connectivity index (χ3v) is 2.72. The summed E-state index contributed by atoms with van der Waals surface area (Å²) in [6.45, 7) is 4.98. The summed E-state index contributed by atoms with van der Waals surface area (Å²) in [5.74, 6) is -0.708. The molecule has 6 heteroatoms. The van der Waals surface area contributed by atoms with Gasteiger partial charge >= 0.3 is 5.97 Å². The van der Waals surface area contributed by atoms with E-state index in [0.717, 1.165) is 5.57 Å². The predicted octanol–water partition coefficient (Wildman–Crippen LogP) is 1.80. The molecule has 1 aliphatic rings. The molecule has 1 aliphatic heterocycles. The fourth-order valence-electron chi connectivity index (χ4n) is 1.88. The molecule has 2 N–H and O–H groups in total. The molecule has 0 amide bonds. The molecule has 2 rings (SSSR count). The number of rotatable bonds is 4. The first-order valence-electron chi connectivity index (χ1n) is 6.22. The van der Waals surface area contributed by atoms with Gasteiger partial charge in [-0.2, -0.15) is 0 Å². The van der Waals surface area contributed by atoms with Crippen molar-refractivity contribution in [1.29, 1.82) is 0 Å². The zero-order valence-corrected chi connectivity index (χ0v) is 11.0. The van der Waals surface area contributed by atoms with Crippen molar-refractivity contribution in [2.75, 3.05) is 18.5 Å². The van der Waals surface area contributed by atoms with Crippen molar-refractivity contribution in [3.63, 3.8) is 0 Å². The van der Waals surface area contributed by atoms with E-state index in [-0.39, 0.29) is 11.7 Å². The molecule has 1 aromatic rings. The Morgan fingerprint density at radius 3 is 2.89 bits per heavy atom. The van der Waals surface area contributed by atoms with Crippen molar-refractivity contribution in [1.82, 2.24) is 9.97 Å². The molecule has 0 saturated carbocycles. The molecule has 0 aromatic carbocycles. The number of nitrogens with one attached hydrogen (secondary N) is 1. The molecule has 19 heavy (non-hydrogen) atoms. The molecule has 0 radical (unpaired) electrons. The quantitative estimate of drug-likeness (QED) is 0.861. The van der Waals surface area contributed by atoms with Crippen LogP contribution in [0.4, 0.5) is 5.95 Å². The van der Waals surface area contributed by atoms with Crippen LogP contribution in [-0.4, -0.2) is 40.3 Å². The summed E-state index contributed by atoms with van der Waals surface area (Å²) < 4.78 is 5.22. The highest BCUT2D eigenvalue weighted by Crippen LogP contribution is 2.24. The van der Waals surface area contributed by atoms with Crippen molar-refractivity contribution in [2.24, 2.45) is 0 Å². The lowest BCUT2D eigenvalue weighted by Crippen LogP contribution is -2.16. The zero-order chi connectivity index (χ0) is 13.8. The summed E-state index contributed by atoms with van der Waals surface area (Å²) in [6, 6.07) is 0.148. The Balaban J connectivity index is 2.37. The molecule has 0 saturated heterocycles. The standard InChI is InChI=1S/C13H17N3O3/c1-8(2)15-13-14-7-10(11(16-13)12(17)18)9-3-5-19-6-4-9/h3,7-8H,4-6H2,1-2H3,(H,17,18)(H,14,15,16). The predicted molar refractivity (Wildman–Crippen MR) is 71.2 cm³/mol. The first-order chi connectivity index (χ1) is 9.08. The maximum absolute atomic E-state index is 11.3. The van der Waals surface area contributed by atoms with Gasteiger partial charge in [-0.15, -0.1) is 0 Å². The van der Waals surface area contributed by atoms with Crippen LogP contribution in [0.15, 0.2) is 12.3 Å². The van der Waals surface area contributed by atoms with Crippen LogP contribution in [-0.2, 0) is 4.74 Å². The van der Waals surface area contributed by atoms with Crippen LogP contribution in [0.2, 0.25) is 0 Å². The van der Waals surface area contributed by atoms with Crippen LogP contribution in [0, 0.1) is 0 Å². The van der Waals surface area contributed by atoms with Crippen LogP contribution in [0.5, 0.6) is 0 Å². The van der Waals surface area contributed by atoms with E-state index >= 15 is 0 Å². The van der Waals surface area contributed by atoms with Gasteiger partial charge in [0.2, 0.25) is 5.95 Å². The number of aromatic nitrogens is 2. The second-order valence-corrected chi connectivity index (χ2v) is 4.61. The van der Waals surface area contributed by atoms with Crippen LogP contribution < -0.4 is 5.32 Å². The Hall–Kier alpha value is -1.95. The smallest absolute Gasteiger partial charge is 0.355 e. The lowest BCUT2D eigenvalue weighted by molar-refractivity contribution is 0.0689. The third kappa shape index (κ3) is 3.29. The molecule has 102 valence electrons. The summed E-state index contributed by atoms with van der Waals surface area (Å²) in [7, 11) is 0. The van der Waals surface area contributed by atoms with Gasteiger partial charge in [-0.3, -0.25) is 0 Å². The minimum Gasteiger partial charge on any atom is -0.476 e. The fourth-order valence-corrected chi connectivity index (χ4v) is 1.88. The topological polar surface area (TPSA) is 84.3 Å². The van der Waals surface area contributed by atoms with Crippen LogP contribution in [0.1, 0.15) is 36.3 Å². The number of aromatic carboxylic acids is 1. The van der Waals surface area contributed by atoms with Crippen molar-refractivity contribution >= 4 is 17.5 Å². The van der Waals surface area contributed by atoms with Crippen molar-refractivity contribution in [3.05, 3.63) is 23.5 Å². The number of anilines is 1. The SMILES string of the molecule is CC(C)Nc1ncc(C2=CCOCC2)c(C(=O)O)n1. The van der Waals surface area contributed by atoms with E-state index in [1.807, 2.05) is 19.9 Å². The van der Waals surface area contributed by atoms with Gasteiger partial charge in [0.25, 0.3) is 0 Å². The molecule has 0 fully saturated rings. The van der Waals surface area contributed by atoms with Gasteiger partial charge in [-0.05, 0) is 25.8 Å². The summed E-state index contributed by atoms with van der Waals surface area (Å²) in [5.41, 5.74) is 1.54. The van der Waals surface area contributed by atoms with E-state index in [1.165, 1.54) is 0 Å². The molecule has 6 nitrogen and oxygen atoms in total. The largest absolute Gasteiger partial charge is 0.476 e. The molecule has 0 aliphatic carbocycles. The molecule has 0 atom stereocenters. The minimum atomic E-state index is -1.04. The summed E-state index contributed by atoms with van der Waals surface area (Å²) in [6.07, 6.45) is 4.13. The van der Waals surface area contributed by atoms with Crippen LogP contribution in [0.3, 0.4) is 0 Å². The van der Waals surface area contributed by atoms with Crippen LogP contribution in [0.25, 0.3) is 5.57 Å². The number of carboxylic acid groups (broad SMARTS) is 1. The van der Waals surface area contributed by atoms with E-state index in [9.17, 15) is 9.90 Å². The van der Waals surface area contributed by atoms with Gasteiger partial charge in [0.15, 0.2) is 5.69 Å². The highest BCUT2D eigenvalue weighted by atomic mass is 16.5. The Kier molecular flexibility index (Phi) is 4.11. The number of carbonyl (C=O) groups is 1. The molecule has 0 spiro atoms. The lowest BCUT2D eigenvalue weighted by Gasteiger charge is -2.16.